The van der Waals surface area contributed by atoms with Crippen LogP contribution in [-0.4, -0.2) is 53.3 Å². The summed E-state index contributed by atoms with van der Waals surface area (Å²) in [6.45, 7) is 12.2. The Kier molecular flexibility index (Phi) is 9.05. The van der Waals surface area contributed by atoms with Crippen molar-refractivity contribution in [1.29, 1.82) is 0 Å². The van der Waals surface area contributed by atoms with Crippen LogP contribution in [0.2, 0.25) is 18.1 Å². The third kappa shape index (κ3) is 6.81. The number of carbonyl (C=O) groups excluding carboxylic acids is 1. The first kappa shape index (κ1) is 26.1. The molecule has 6 nitrogen and oxygen atoms in total. The Morgan fingerprint density at radius 2 is 1.83 bits per heavy atom. The Bertz CT molecular complexity index is 893. The molecule has 166 valence electrons. The summed E-state index contributed by atoms with van der Waals surface area (Å²) in [5.74, 6) is 1.83. The Balaban J connectivity index is 3.37. The third-order valence-electron chi connectivity index (χ3n) is 5.32. The second-order valence-corrected chi connectivity index (χ2v) is 15.3. The minimum Gasteiger partial charge on any atom is -0.466 e. The maximum atomic E-state index is 13.3. The van der Waals surface area contributed by atoms with Gasteiger partial charge in [-0.15, -0.1) is 6.42 Å². The predicted molar refractivity (Wildman–Crippen MR) is 122 cm³/mol. The van der Waals surface area contributed by atoms with Crippen LogP contribution in [0.3, 0.4) is 0 Å². The van der Waals surface area contributed by atoms with E-state index < -0.39 is 30.4 Å². The summed E-state index contributed by atoms with van der Waals surface area (Å²) in [6, 6.07) is 5.78. The highest BCUT2D eigenvalue weighted by Gasteiger charge is 2.39. The maximum absolute atomic E-state index is 13.3. The summed E-state index contributed by atoms with van der Waals surface area (Å²) in [5.41, 5.74) is 0.945. The van der Waals surface area contributed by atoms with Gasteiger partial charge in [-0.3, -0.25) is 0 Å². The van der Waals surface area contributed by atoms with Crippen molar-refractivity contribution in [3.8, 4) is 12.3 Å². The highest BCUT2D eigenvalue weighted by molar-refractivity contribution is 7.89. The van der Waals surface area contributed by atoms with Gasteiger partial charge in [0.05, 0.1) is 31.2 Å². The van der Waals surface area contributed by atoms with Crippen molar-refractivity contribution in [2.75, 3.05) is 20.3 Å². The van der Waals surface area contributed by atoms with Crippen molar-refractivity contribution in [1.82, 2.24) is 4.31 Å². The van der Waals surface area contributed by atoms with Gasteiger partial charge in [0.25, 0.3) is 0 Å². The average molecular weight is 452 g/mol. The van der Waals surface area contributed by atoms with Gasteiger partial charge in [0.2, 0.25) is 10.0 Å². The van der Waals surface area contributed by atoms with Crippen LogP contribution in [0, 0.1) is 19.3 Å². The van der Waals surface area contributed by atoms with Crippen molar-refractivity contribution in [2.24, 2.45) is 0 Å². The number of rotatable bonds is 9. The molecule has 0 aliphatic heterocycles. The van der Waals surface area contributed by atoms with Gasteiger partial charge in [-0.05, 0) is 37.2 Å². The third-order valence-corrected chi connectivity index (χ3v) is 11.7. The summed E-state index contributed by atoms with van der Waals surface area (Å²) in [5, 5.41) is -0.0591. The molecule has 1 rings (SSSR count). The lowest BCUT2D eigenvalue weighted by Crippen LogP contribution is -2.47. The summed E-state index contributed by atoms with van der Waals surface area (Å²) in [4.78, 5) is 11.8. The lowest BCUT2D eigenvalue weighted by atomic mass is 10.2. The standard InChI is InChI=1S/C22H33NO5SSi/c1-9-16-23(29(25,26)20-13-10-18(2)11-14-20)19(12-15-21(24)27-6)17-28-30(7,8)22(3,4)5/h1,10-15,19H,16-17H2,2-8H3/b15-12-/t19-/m0/s1. The highest BCUT2D eigenvalue weighted by atomic mass is 32.2. The molecular weight excluding hydrogens is 418 g/mol. The molecule has 0 bridgehead atoms. The summed E-state index contributed by atoms with van der Waals surface area (Å²) in [6.07, 6.45) is 8.17. The molecular formula is C22H33NO5SSi. The van der Waals surface area contributed by atoms with Crippen LogP contribution in [0.15, 0.2) is 41.3 Å². The number of ether oxygens (including phenoxy) is 1. The van der Waals surface area contributed by atoms with Crippen LogP contribution in [0.5, 0.6) is 0 Å². The molecule has 0 heterocycles. The average Bonchev–Trinajstić information content (AvgIpc) is 2.65. The lowest BCUT2D eigenvalue weighted by molar-refractivity contribution is -0.134. The molecule has 1 aromatic rings. The van der Waals surface area contributed by atoms with Gasteiger partial charge in [0.15, 0.2) is 8.32 Å². The van der Waals surface area contributed by atoms with Crippen LogP contribution in [0.1, 0.15) is 26.3 Å². The summed E-state index contributed by atoms with van der Waals surface area (Å²) >= 11 is 0. The Labute approximate surface area is 182 Å². The van der Waals surface area contributed by atoms with E-state index in [4.69, 9.17) is 10.8 Å². The van der Waals surface area contributed by atoms with Crippen LogP contribution < -0.4 is 0 Å². The van der Waals surface area contributed by atoms with E-state index in [0.29, 0.717) is 0 Å². The smallest absolute Gasteiger partial charge is 0.330 e. The first-order valence-corrected chi connectivity index (χ1v) is 14.0. The Hall–Kier alpha value is -1.92. The molecule has 8 heteroatoms. The number of benzene rings is 1. The molecule has 0 fully saturated rings. The van der Waals surface area contributed by atoms with Crippen LogP contribution in [-0.2, 0) is 24.0 Å². The molecule has 0 radical (unpaired) electrons. The van der Waals surface area contributed by atoms with Crippen LogP contribution in [0.25, 0.3) is 0 Å². The molecule has 0 aliphatic carbocycles. The second kappa shape index (κ2) is 10.4. The topological polar surface area (TPSA) is 72.9 Å². The predicted octanol–water partition coefficient (Wildman–Crippen LogP) is 3.74. The van der Waals surface area contributed by atoms with Crippen molar-refractivity contribution < 1.29 is 22.4 Å². The minimum atomic E-state index is -3.91. The van der Waals surface area contributed by atoms with Crippen molar-refractivity contribution in [2.45, 2.75) is 56.8 Å². The van der Waals surface area contributed by atoms with Gasteiger partial charge in [0.1, 0.15) is 0 Å². The number of hydrogen-bond donors (Lipinski definition) is 0. The van der Waals surface area contributed by atoms with Gasteiger partial charge in [-0.1, -0.05) is 50.5 Å². The maximum Gasteiger partial charge on any atom is 0.330 e. The zero-order valence-corrected chi connectivity index (χ0v) is 20.7. The minimum absolute atomic E-state index is 0.0591. The molecule has 0 aromatic heterocycles. The van der Waals surface area contributed by atoms with Crippen LogP contribution in [0.4, 0.5) is 0 Å². The van der Waals surface area contributed by atoms with E-state index >= 15 is 0 Å². The van der Waals surface area contributed by atoms with E-state index in [1.54, 1.807) is 24.3 Å². The fourth-order valence-electron chi connectivity index (χ4n) is 2.32. The molecule has 1 aromatic carbocycles. The molecule has 0 aliphatic rings. The number of methoxy groups -OCH3 is 1. The number of esters is 1. The monoisotopic (exact) mass is 451 g/mol. The van der Waals surface area contributed by atoms with Gasteiger partial charge < -0.3 is 9.16 Å². The van der Waals surface area contributed by atoms with Crippen molar-refractivity contribution >= 4 is 24.3 Å². The Morgan fingerprint density at radius 3 is 2.30 bits per heavy atom. The molecule has 0 saturated heterocycles. The zero-order valence-electron chi connectivity index (χ0n) is 18.9. The first-order valence-electron chi connectivity index (χ1n) is 9.68. The SMILES string of the molecule is C#CCN([C@@H](/C=C\C(=O)OC)CO[Si](C)(C)C(C)(C)C)S(=O)(=O)c1ccc(C)cc1. The fraction of sp³-hybridized carbons (Fsp3) is 0.500. The number of sulfonamides is 1. The molecule has 0 saturated carbocycles. The molecule has 0 amide bonds. The largest absolute Gasteiger partial charge is 0.466 e. The van der Waals surface area contributed by atoms with Gasteiger partial charge in [-0.2, -0.15) is 4.31 Å². The highest BCUT2D eigenvalue weighted by Crippen LogP contribution is 2.37. The molecule has 0 N–H and O–H groups in total. The molecule has 1 atom stereocenters. The van der Waals surface area contributed by atoms with Gasteiger partial charge in [-0.25, -0.2) is 13.2 Å². The molecule has 30 heavy (non-hydrogen) atoms. The molecule has 0 spiro atoms. The quantitative estimate of drug-likeness (QED) is 0.247. The Morgan fingerprint density at radius 1 is 1.27 bits per heavy atom. The van der Waals surface area contributed by atoms with E-state index in [1.165, 1.54) is 23.6 Å². The van der Waals surface area contributed by atoms with E-state index in [0.717, 1.165) is 5.56 Å². The van der Waals surface area contributed by atoms with Crippen LogP contribution >= 0.6 is 0 Å². The second-order valence-electron chi connectivity index (χ2n) is 8.59. The van der Waals surface area contributed by atoms with Gasteiger partial charge in [0, 0.05) is 6.08 Å². The fourth-order valence-corrected chi connectivity index (χ4v) is 4.82. The number of aryl methyl sites for hydroxylation is 1. The lowest BCUT2D eigenvalue weighted by Gasteiger charge is -2.38. The molecule has 0 unspecified atom stereocenters. The van der Waals surface area contributed by atoms with Crippen molar-refractivity contribution in [3.63, 3.8) is 0 Å². The van der Waals surface area contributed by atoms with Crippen molar-refractivity contribution in [3.05, 3.63) is 42.0 Å². The number of hydrogen-bond acceptors (Lipinski definition) is 5. The zero-order chi connectivity index (χ0) is 23.2. The van der Waals surface area contributed by atoms with E-state index in [1.807, 2.05) is 6.92 Å². The first-order chi connectivity index (χ1) is 13.8. The number of nitrogens with zero attached hydrogens (tertiary/aromatic N) is 1. The summed E-state index contributed by atoms with van der Waals surface area (Å²) < 4.78 is 38.8. The number of terminal acetylenes is 1. The van der Waals surface area contributed by atoms with Gasteiger partial charge >= 0.3 is 5.97 Å². The van der Waals surface area contributed by atoms with E-state index in [2.05, 4.69) is 44.5 Å². The van der Waals surface area contributed by atoms with E-state index in [-0.39, 0.29) is 23.1 Å². The number of carbonyl (C=O) groups is 1. The normalized spacial score (nSPS) is 14.0. The summed E-state index contributed by atoms with van der Waals surface area (Å²) in [7, 11) is -4.82. The van der Waals surface area contributed by atoms with E-state index in [9.17, 15) is 13.2 Å².